The number of hydrogen-bond acceptors (Lipinski definition) is 3. The Bertz CT molecular complexity index is 566. The number of hydrogen-bond donors (Lipinski definition) is 0. The van der Waals surface area contributed by atoms with E-state index in [1.54, 1.807) is 0 Å². The van der Waals surface area contributed by atoms with Gasteiger partial charge < -0.3 is 4.84 Å². The Morgan fingerprint density at radius 1 is 1.17 bits per heavy atom. The van der Waals surface area contributed by atoms with E-state index in [0.29, 0.717) is 5.41 Å². The molecule has 1 aliphatic heterocycles. The van der Waals surface area contributed by atoms with Crippen LogP contribution in [-0.2, 0) is 4.84 Å². The maximum Gasteiger partial charge on any atom is 0.143 e. The monoisotopic (exact) mass is 328 g/mol. The summed E-state index contributed by atoms with van der Waals surface area (Å²) in [6, 6.07) is 6.02. The molecule has 2 unspecified atom stereocenters. The topological polar surface area (TPSA) is 34.5 Å². The van der Waals surface area contributed by atoms with Crippen molar-refractivity contribution in [1.82, 2.24) is 4.98 Å². The van der Waals surface area contributed by atoms with E-state index in [0.717, 1.165) is 36.6 Å². The van der Waals surface area contributed by atoms with Crippen molar-refractivity contribution in [3.8, 4) is 0 Å². The quantitative estimate of drug-likeness (QED) is 0.709. The van der Waals surface area contributed by atoms with Crippen molar-refractivity contribution in [2.45, 2.75) is 84.2 Å². The minimum absolute atomic E-state index is 0.0841. The molecule has 1 aromatic heterocycles. The van der Waals surface area contributed by atoms with Gasteiger partial charge in [0.05, 0.1) is 5.69 Å². The highest BCUT2D eigenvalue weighted by atomic mass is 16.7. The number of nitrogens with zero attached hydrogens (tertiary/aromatic N) is 2. The second kappa shape index (κ2) is 7.25. The molecule has 2 aliphatic rings. The van der Waals surface area contributed by atoms with Crippen LogP contribution in [0.5, 0.6) is 0 Å². The second-order valence-electron chi connectivity index (χ2n) is 8.38. The average Bonchev–Trinajstić information content (AvgIpc) is 3.06. The van der Waals surface area contributed by atoms with Gasteiger partial charge in [-0.3, -0.25) is 4.98 Å². The predicted molar refractivity (Wildman–Crippen MR) is 99.1 cm³/mol. The van der Waals surface area contributed by atoms with Crippen molar-refractivity contribution in [2.75, 3.05) is 0 Å². The molecule has 24 heavy (non-hydrogen) atoms. The summed E-state index contributed by atoms with van der Waals surface area (Å²) in [5, 5.41) is 4.45. The normalized spacial score (nSPS) is 28.6. The molecule has 0 saturated heterocycles. The van der Waals surface area contributed by atoms with Crippen molar-refractivity contribution < 1.29 is 4.84 Å². The minimum atomic E-state index is -0.0841. The molecule has 0 aromatic carbocycles. The highest BCUT2D eigenvalue weighted by Gasteiger charge is 2.41. The van der Waals surface area contributed by atoms with Crippen LogP contribution in [0.2, 0.25) is 0 Å². The molecule has 1 fully saturated rings. The summed E-state index contributed by atoms with van der Waals surface area (Å²) in [4.78, 5) is 10.5. The Morgan fingerprint density at radius 3 is 2.79 bits per heavy atom. The van der Waals surface area contributed by atoms with E-state index >= 15 is 0 Å². The lowest BCUT2D eigenvalue weighted by Gasteiger charge is -2.35. The first-order valence-corrected chi connectivity index (χ1v) is 9.71. The molecule has 2 atom stereocenters. The van der Waals surface area contributed by atoms with Gasteiger partial charge in [0.25, 0.3) is 0 Å². The zero-order chi connectivity index (χ0) is 17.0. The summed E-state index contributed by atoms with van der Waals surface area (Å²) in [5.74, 6) is 0.792. The first-order chi connectivity index (χ1) is 11.5. The van der Waals surface area contributed by atoms with Crippen LogP contribution in [0.3, 0.4) is 0 Å². The Labute approximate surface area is 146 Å². The molecule has 3 heteroatoms. The number of rotatable bonds is 3. The molecule has 0 amide bonds. The van der Waals surface area contributed by atoms with Gasteiger partial charge in [-0.2, -0.15) is 0 Å². The third kappa shape index (κ3) is 3.81. The van der Waals surface area contributed by atoms with Gasteiger partial charge in [-0.15, -0.1) is 0 Å². The minimum Gasteiger partial charge on any atom is -0.389 e. The molecule has 0 N–H and O–H groups in total. The summed E-state index contributed by atoms with van der Waals surface area (Å²) < 4.78 is 0. The zero-order valence-corrected chi connectivity index (χ0v) is 15.6. The first-order valence-electron chi connectivity index (χ1n) is 9.71. The molecule has 1 spiro atoms. The van der Waals surface area contributed by atoms with Crippen molar-refractivity contribution in [3.05, 3.63) is 30.1 Å². The van der Waals surface area contributed by atoms with E-state index in [9.17, 15) is 0 Å². The molecule has 2 heterocycles. The average molecular weight is 328 g/mol. The van der Waals surface area contributed by atoms with Crippen molar-refractivity contribution >= 4 is 5.71 Å². The molecule has 3 nitrogen and oxygen atoms in total. The molecule has 132 valence electrons. The van der Waals surface area contributed by atoms with Gasteiger partial charge in [0.15, 0.2) is 0 Å². The van der Waals surface area contributed by atoms with Crippen LogP contribution in [0.15, 0.2) is 29.6 Å². The fraction of sp³-hybridized carbons (Fsp3) is 0.714. The van der Waals surface area contributed by atoms with Crippen LogP contribution in [0.4, 0.5) is 0 Å². The van der Waals surface area contributed by atoms with Crippen LogP contribution in [0, 0.1) is 11.3 Å². The Kier molecular flexibility index (Phi) is 5.27. The second-order valence-corrected chi connectivity index (χ2v) is 8.38. The van der Waals surface area contributed by atoms with E-state index in [4.69, 9.17) is 4.84 Å². The third-order valence-electron chi connectivity index (χ3n) is 6.45. The van der Waals surface area contributed by atoms with E-state index < -0.39 is 0 Å². The third-order valence-corrected chi connectivity index (χ3v) is 6.45. The highest BCUT2D eigenvalue weighted by Crippen LogP contribution is 2.43. The largest absolute Gasteiger partial charge is 0.389 e. The van der Waals surface area contributed by atoms with Crippen LogP contribution in [-0.4, -0.2) is 16.3 Å². The van der Waals surface area contributed by atoms with Crippen molar-refractivity contribution in [2.24, 2.45) is 16.5 Å². The van der Waals surface area contributed by atoms with Crippen LogP contribution in [0.1, 0.15) is 84.3 Å². The van der Waals surface area contributed by atoms with Crippen LogP contribution < -0.4 is 0 Å². The first kappa shape index (κ1) is 17.4. The van der Waals surface area contributed by atoms with Gasteiger partial charge in [0, 0.05) is 12.6 Å². The van der Waals surface area contributed by atoms with Crippen molar-refractivity contribution in [3.63, 3.8) is 0 Å². The lowest BCUT2D eigenvalue weighted by Crippen LogP contribution is -2.32. The molecular weight excluding hydrogens is 296 g/mol. The number of pyridine rings is 1. The highest BCUT2D eigenvalue weighted by molar-refractivity contribution is 5.99. The molecular formula is C21H32N2O. The van der Waals surface area contributed by atoms with Gasteiger partial charge in [0.1, 0.15) is 11.3 Å². The Morgan fingerprint density at radius 2 is 2.04 bits per heavy atom. The number of oxime groups is 1. The zero-order valence-electron chi connectivity index (χ0n) is 15.6. The van der Waals surface area contributed by atoms with Crippen molar-refractivity contribution in [1.29, 1.82) is 0 Å². The fourth-order valence-electron chi connectivity index (χ4n) is 4.25. The lowest BCUT2D eigenvalue weighted by molar-refractivity contribution is -0.0389. The summed E-state index contributed by atoms with van der Waals surface area (Å²) in [5.41, 5.74) is 2.34. The van der Waals surface area contributed by atoms with Gasteiger partial charge in [-0.25, -0.2) is 0 Å². The summed E-state index contributed by atoms with van der Waals surface area (Å²) in [6.45, 7) is 7.21. The molecule has 1 aliphatic carbocycles. The van der Waals surface area contributed by atoms with Crippen LogP contribution >= 0.6 is 0 Å². The smallest absolute Gasteiger partial charge is 0.143 e. The van der Waals surface area contributed by atoms with Crippen LogP contribution in [0.25, 0.3) is 0 Å². The van der Waals surface area contributed by atoms with E-state index in [1.165, 1.54) is 38.5 Å². The predicted octanol–water partition coefficient (Wildman–Crippen LogP) is 5.74. The molecule has 3 rings (SSSR count). The van der Waals surface area contributed by atoms with E-state index in [2.05, 4.69) is 30.9 Å². The van der Waals surface area contributed by atoms with E-state index in [-0.39, 0.29) is 5.60 Å². The molecule has 0 bridgehead atoms. The molecule has 1 saturated carbocycles. The van der Waals surface area contributed by atoms with Gasteiger partial charge >= 0.3 is 0 Å². The van der Waals surface area contributed by atoms with E-state index in [1.807, 2.05) is 24.4 Å². The molecule has 0 radical (unpaired) electrons. The number of aromatic nitrogens is 1. The fourth-order valence-corrected chi connectivity index (χ4v) is 4.25. The van der Waals surface area contributed by atoms with Gasteiger partial charge in [0.2, 0.25) is 0 Å². The SMILES string of the molecule is CCC(C)(C)C1CCCCCC2(CC1)CC(c1ccccn1)=NO2. The molecule has 1 aromatic rings. The maximum absolute atomic E-state index is 6.08. The lowest BCUT2D eigenvalue weighted by atomic mass is 9.71. The van der Waals surface area contributed by atoms with Gasteiger partial charge in [-0.05, 0) is 55.6 Å². The summed E-state index contributed by atoms with van der Waals surface area (Å²) >= 11 is 0. The summed E-state index contributed by atoms with van der Waals surface area (Å²) in [7, 11) is 0. The summed E-state index contributed by atoms with van der Waals surface area (Å²) in [6.07, 6.45) is 12.8. The Hall–Kier alpha value is -1.38. The standard InChI is InChI=1S/C21H32N2O/c1-4-20(2,3)17-10-6-5-8-13-21(14-12-17)16-19(23-24-21)18-11-7-9-15-22-18/h7,9,11,15,17H,4-6,8,10,12-14,16H2,1-3H3. The Balaban J connectivity index is 1.71. The van der Waals surface area contributed by atoms with Gasteiger partial charge in [-0.1, -0.05) is 51.3 Å². The maximum atomic E-state index is 6.08.